The Labute approximate surface area is 79.3 Å². The number of rotatable bonds is 2. The summed E-state index contributed by atoms with van der Waals surface area (Å²) in [6, 6.07) is 0. The van der Waals surface area contributed by atoms with Crippen molar-refractivity contribution in [3.05, 3.63) is 6.33 Å². The van der Waals surface area contributed by atoms with E-state index in [2.05, 4.69) is 14.7 Å². The van der Waals surface area contributed by atoms with Gasteiger partial charge >= 0.3 is 0 Å². The van der Waals surface area contributed by atoms with Crippen LogP contribution >= 0.6 is 11.5 Å². The van der Waals surface area contributed by atoms with Crippen LogP contribution in [-0.2, 0) is 9.53 Å². The molecule has 1 aliphatic heterocycles. The van der Waals surface area contributed by atoms with Gasteiger partial charge in [-0.2, -0.15) is 4.37 Å². The quantitative estimate of drug-likeness (QED) is 0.754. The molecule has 0 radical (unpaired) electrons. The molecule has 0 aliphatic carbocycles. The van der Waals surface area contributed by atoms with Crippen LogP contribution in [0.15, 0.2) is 6.33 Å². The molecule has 13 heavy (non-hydrogen) atoms. The summed E-state index contributed by atoms with van der Waals surface area (Å²) in [5, 5.41) is 3.24. The highest BCUT2D eigenvalue weighted by Crippen LogP contribution is 2.15. The van der Waals surface area contributed by atoms with Crippen molar-refractivity contribution >= 4 is 22.6 Å². The second kappa shape index (κ2) is 3.80. The summed E-state index contributed by atoms with van der Waals surface area (Å²) in [4.78, 5) is 15.3. The molecule has 1 fully saturated rings. The Hall–Kier alpha value is -1.01. The van der Waals surface area contributed by atoms with Crippen molar-refractivity contribution in [2.75, 3.05) is 18.5 Å². The number of ether oxygens (including phenoxy) is 1. The van der Waals surface area contributed by atoms with Crippen LogP contribution in [0.4, 0.5) is 5.13 Å². The van der Waals surface area contributed by atoms with E-state index in [9.17, 15) is 4.79 Å². The first kappa shape index (κ1) is 8.58. The Morgan fingerprint density at radius 3 is 3.31 bits per heavy atom. The highest BCUT2D eigenvalue weighted by molar-refractivity contribution is 7.09. The number of carbonyl (C=O) groups is 1. The summed E-state index contributed by atoms with van der Waals surface area (Å²) in [5.41, 5.74) is 0. The highest BCUT2D eigenvalue weighted by Gasteiger charge is 2.23. The van der Waals surface area contributed by atoms with Crippen molar-refractivity contribution in [2.24, 2.45) is 5.92 Å². The molecular weight excluding hydrogens is 190 g/mol. The Bertz CT molecular complexity index is 282. The van der Waals surface area contributed by atoms with E-state index in [0.29, 0.717) is 18.3 Å². The number of aromatic nitrogens is 2. The lowest BCUT2D eigenvalue weighted by Gasteiger charge is -2.05. The molecule has 1 aliphatic rings. The average molecular weight is 199 g/mol. The van der Waals surface area contributed by atoms with E-state index in [1.807, 2.05) is 0 Å². The van der Waals surface area contributed by atoms with Crippen LogP contribution in [-0.4, -0.2) is 28.5 Å². The van der Waals surface area contributed by atoms with E-state index in [1.165, 1.54) is 17.9 Å². The molecule has 1 amide bonds. The number of hydrogen-bond acceptors (Lipinski definition) is 5. The molecular formula is C7H9N3O2S. The Balaban J connectivity index is 1.91. The fourth-order valence-electron chi connectivity index (χ4n) is 1.18. The topological polar surface area (TPSA) is 64.1 Å². The van der Waals surface area contributed by atoms with Crippen molar-refractivity contribution in [1.29, 1.82) is 0 Å². The largest absolute Gasteiger partial charge is 0.381 e. The fraction of sp³-hybridized carbons (Fsp3) is 0.571. The van der Waals surface area contributed by atoms with Crippen LogP contribution in [0.25, 0.3) is 0 Å². The minimum atomic E-state index is -0.0242. The number of anilines is 1. The summed E-state index contributed by atoms with van der Waals surface area (Å²) in [6.45, 7) is 1.19. The molecule has 2 heterocycles. The second-order valence-electron chi connectivity index (χ2n) is 2.80. The molecule has 2 rings (SSSR count). The van der Waals surface area contributed by atoms with Gasteiger partial charge in [-0.25, -0.2) is 4.98 Å². The van der Waals surface area contributed by atoms with Crippen molar-refractivity contribution in [3.63, 3.8) is 0 Å². The van der Waals surface area contributed by atoms with Crippen LogP contribution in [0.1, 0.15) is 6.42 Å². The van der Waals surface area contributed by atoms with E-state index in [0.717, 1.165) is 6.42 Å². The Morgan fingerprint density at radius 2 is 2.69 bits per heavy atom. The molecule has 1 N–H and O–H groups in total. The maximum absolute atomic E-state index is 11.5. The first-order valence-electron chi connectivity index (χ1n) is 4.01. The fourth-order valence-corrected chi connectivity index (χ4v) is 1.61. The smallest absolute Gasteiger partial charge is 0.231 e. The van der Waals surface area contributed by atoms with Gasteiger partial charge in [-0.05, 0) is 6.42 Å². The number of nitrogens with one attached hydrogen (secondary N) is 1. The summed E-state index contributed by atoms with van der Waals surface area (Å²) in [6.07, 6.45) is 2.22. The van der Waals surface area contributed by atoms with Gasteiger partial charge in [0.1, 0.15) is 6.33 Å². The summed E-state index contributed by atoms with van der Waals surface area (Å²) in [5.74, 6) is -0.0434. The van der Waals surface area contributed by atoms with E-state index in [-0.39, 0.29) is 11.8 Å². The van der Waals surface area contributed by atoms with E-state index >= 15 is 0 Å². The molecule has 70 valence electrons. The highest BCUT2D eigenvalue weighted by atomic mass is 32.1. The van der Waals surface area contributed by atoms with Gasteiger partial charge in [-0.1, -0.05) is 0 Å². The summed E-state index contributed by atoms with van der Waals surface area (Å²) in [7, 11) is 0. The lowest BCUT2D eigenvalue weighted by molar-refractivity contribution is -0.119. The van der Waals surface area contributed by atoms with E-state index < -0.39 is 0 Å². The third-order valence-electron chi connectivity index (χ3n) is 1.89. The number of amides is 1. The molecule has 1 unspecified atom stereocenters. The minimum Gasteiger partial charge on any atom is -0.381 e. The normalized spacial score (nSPS) is 21.7. The van der Waals surface area contributed by atoms with Gasteiger partial charge in [0.2, 0.25) is 11.0 Å². The second-order valence-corrected chi connectivity index (χ2v) is 3.58. The average Bonchev–Trinajstić information content (AvgIpc) is 2.74. The molecule has 1 saturated heterocycles. The maximum Gasteiger partial charge on any atom is 0.231 e. The molecule has 0 bridgehead atoms. The lowest BCUT2D eigenvalue weighted by Crippen LogP contribution is -2.22. The SMILES string of the molecule is O=C(Nc1ncns1)C1CCOC1. The Morgan fingerprint density at radius 1 is 1.77 bits per heavy atom. The minimum absolute atomic E-state index is 0.0192. The van der Waals surface area contributed by atoms with Crippen molar-refractivity contribution < 1.29 is 9.53 Å². The first-order chi connectivity index (χ1) is 6.36. The third-order valence-corrected chi connectivity index (χ3v) is 2.47. The zero-order valence-electron chi connectivity index (χ0n) is 6.90. The molecule has 5 nitrogen and oxygen atoms in total. The van der Waals surface area contributed by atoms with Gasteiger partial charge in [0.25, 0.3) is 0 Å². The molecule has 1 atom stereocenters. The van der Waals surface area contributed by atoms with Gasteiger partial charge in [0.15, 0.2) is 0 Å². The van der Waals surface area contributed by atoms with Crippen molar-refractivity contribution in [3.8, 4) is 0 Å². The lowest BCUT2D eigenvalue weighted by atomic mass is 10.1. The molecule has 1 aromatic heterocycles. The van der Waals surface area contributed by atoms with Gasteiger partial charge in [0.05, 0.1) is 12.5 Å². The zero-order valence-corrected chi connectivity index (χ0v) is 7.71. The summed E-state index contributed by atoms with van der Waals surface area (Å²) < 4.78 is 8.89. The molecule has 0 saturated carbocycles. The van der Waals surface area contributed by atoms with Crippen LogP contribution in [0, 0.1) is 5.92 Å². The van der Waals surface area contributed by atoms with Crippen LogP contribution in [0.3, 0.4) is 0 Å². The van der Waals surface area contributed by atoms with Crippen molar-refractivity contribution in [1.82, 2.24) is 9.36 Å². The molecule has 0 aromatic carbocycles. The molecule has 0 spiro atoms. The number of hydrogen-bond donors (Lipinski definition) is 1. The van der Waals surface area contributed by atoms with Gasteiger partial charge < -0.3 is 10.1 Å². The Kier molecular flexibility index (Phi) is 2.51. The van der Waals surface area contributed by atoms with Crippen LogP contribution in [0.5, 0.6) is 0 Å². The summed E-state index contributed by atoms with van der Waals surface area (Å²) >= 11 is 1.18. The molecule has 6 heteroatoms. The number of carbonyl (C=O) groups excluding carboxylic acids is 1. The predicted octanol–water partition coefficient (Wildman–Crippen LogP) is 0.513. The first-order valence-corrected chi connectivity index (χ1v) is 4.79. The van der Waals surface area contributed by atoms with Crippen LogP contribution in [0.2, 0.25) is 0 Å². The van der Waals surface area contributed by atoms with Gasteiger partial charge in [0, 0.05) is 18.1 Å². The number of nitrogens with zero attached hydrogens (tertiary/aromatic N) is 2. The standard InChI is InChI=1S/C7H9N3O2S/c11-6(5-1-2-12-3-5)10-7-8-4-9-13-7/h4-5H,1-3H2,(H,8,9,10,11). The predicted molar refractivity (Wildman–Crippen MR) is 47.5 cm³/mol. The van der Waals surface area contributed by atoms with Crippen molar-refractivity contribution in [2.45, 2.75) is 6.42 Å². The third kappa shape index (κ3) is 2.02. The van der Waals surface area contributed by atoms with E-state index in [1.54, 1.807) is 0 Å². The van der Waals surface area contributed by atoms with Gasteiger partial charge in [-0.15, -0.1) is 0 Å². The molecule has 1 aromatic rings. The van der Waals surface area contributed by atoms with Gasteiger partial charge in [-0.3, -0.25) is 4.79 Å². The van der Waals surface area contributed by atoms with Crippen LogP contribution < -0.4 is 5.32 Å². The maximum atomic E-state index is 11.5. The zero-order chi connectivity index (χ0) is 9.10. The van der Waals surface area contributed by atoms with E-state index in [4.69, 9.17) is 4.74 Å². The monoisotopic (exact) mass is 199 g/mol.